The Morgan fingerprint density at radius 2 is 1.94 bits per heavy atom. The lowest BCUT2D eigenvalue weighted by Gasteiger charge is -2.31. The minimum absolute atomic E-state index is 0.0481. The second-order valence-electron chi connectivity index (χ2n) is 4.32. The van der Waals surface area contributed by atoms with Gasteiger partial charge < -0.3 is 10.0 Å². The zero-order valence-corrected chi connectivity index (χ0v) is 11.0. The summed E-state index contributed by atoms with van der Waals surface area (Å²) in [5, 5.41) is 8.98. The first-order valence-corrected chi connectivity index (χ1v) is 5.53. The Kier molecular flexibility index (Phi) is 3.96. The lowest BCUT2D eigenvalue weighted by atomic mass is 10.0. The Morgan fingerprint density at radius 3 is 2.39 bits per heavy atom. The van der Waals surface area contributed by atoms with Crippen molar-refractivity contribution in [2.75, 3.05) is 7.05 Å². The molecule has 0 bridgehead atoms. The van der Waals surface area contributed by atoms with Crippen molar-refractivity contribution in [1.29, 1.82) is 0 Å². The molecule has 98 valence electrons. The average Bonchev–Trinajstić information content (AvgIpc) is 2.27. The SMILES string of the molecule is CN(C(=O)c1c(F)cccc1Cl)C(C)(C)C(=O)O. The Hall–Kier alpha value is -1.62. The maximum atomic E-state index is 13.6. The van der Waals surface area contributed by atoms with E-state index in [2.05, 4.69) is 0 Å². The first-order chi connectivity index (χ1) is 8.19. The summed E-state index contributed by atoms with van der Waals surface area (Å²) in [7, 11) is 1.29. The lowest BCUT2D eigenvalue weighted by molar-refractivity contribution is -0.147. The van der Waals surface area contributed by atoms with E-state index in [0.29, 0.717) is 0 Å². The van der Waals surface area contributed by atoms with Gasteiger partial charge in [0.1, 0.15) is 11.4 Å². The van der Waals surface area contributed by atoms with Crippen LogP contribution in [0.3, 0.4) is 0 Å². The summed E-state index contributed by atoms with van der Waals surface area (Å²) < 4.78 is 13.6. The highest BCUT2D eigenvalue weighted by molar-refractivity contribution is 6.33. The van der Waals surface area contributed by atoms with Gasteiger partial charge in [-0.05, 0) is 26.0 Å². The van der Waals surface area contributed by atoms with Gasteiger partial charge in [-0.15, -0.1) is 0 Å². The normalized spacial score (nSPS) is 11.2. The predicted octanol–water partition coefficient (Wildman–Crippen LogP) is 2.41. The van der Waals surface area contributed by atoms with E-state index in [9.17, 15) is 14.0 Å². The molecule has 1 aromatic carbocycles. The summed E-state index contributed by atoms with van der Waals surface area (Å²) in [4.78, 5) is 24.1. The third kappa shape index (κ3) is 2.46. The van der Waals surface area contributed by atoms with Crippen LogP contribution in [-0.4, -0.2) is 34.5 Å². The van der Waals surface area contributed by atoms with Gasteiger partial charge in [-0.3, -0.25) is 4.79 Å². The smallest absolute Gasteiger partial charge is 0.329 e. The summed E-state index contributed by atoms with van der Waals surface area (Å²) in [6, 6.07) is 3.84. The van der Waals surface area contributed by atoms with E-state index in [1.54, 1.807) is 0 Å². The van der Waals surface area contributed by atoms with Crippen LogP contribution in [0.1, 0.15) is 24.2 Å². The molecule has 0 radical (unpaired) electrons. The molecule has 1 N–H and O–H groups in total. The third-order valence-electron chi connectivity index (χ3n) is 2.84. The molecule has 0 saturated heterocycles. The molecule has 1 amide bonds. The zero-order valence-electron chi connectivity index (χ0n) is 10.2. The average molecular weight is 274 g/mol. The Bertz CT molecular complexity index is 482. The van der Waals surface area contributed by atoms with Gasteiger partial charge in [0.05, 0.1) is 10.6 Å². The maximum absolute atomic E-state index is 13.6. The highest BCUT2D eigenvalue weighted by Gasteiger charge is 2.36. The number of carbonyl (C=O) groups excluding carboxylic acids is 1. The molecule has 0 saturated carbocycles. The van der Waals surface area contributed by atoms with Crippen LogP contribution in [0.4, 0.5) is 4.39 Å². The Balaban J connectivity index is 3.20. The number of nitrogens with zero attached hydrogens (tertiary/aromatic N) is 1. The van der Waals surface area contributed by atoms with E-state index in [1.807, 2.05) is 0 Å². The minimum Gasteiger partial charge on any atom is -0.480 e. The molecule has 18 heavy (non-hydrogen) atoms. The molecule has 0 aromatic heterocycles. The molecule has 0 heterocycles. The molecular weight excluding hydrogens is 261 g/mol. The topological polar surface area (TPSA) is 57.6 Å². The summed E-state index contributed by atoms with van der Waals surface area (Å²) in [5.41, 5.74) is -1.78. The van der Waals surface area contributed by atoms with Crippen molar-refractivity contribution in [2.45, 2.75) is 19.4 Å². The molecule has 6 heteroatoms. The van der Waals surface area contributed by atoms with Crippen LogP contribution in [0.2, 0.25) is 5.02 Å². The van der Waals surface area contributed by atoms with Crippen molar-refractivity contribution in [2.24, 2.45) is 0 Å². The molecule has 0 atom stereocenters. The fourth-order valence-corrected chi connectivity index (χ4v) is 1.51. The summed E-state index contributed by atoms with van der Waals surface area (Å²) in [6.07, 6.45) is 0. The number of rotatable bonds is 3. The van der Waals surface area contributed by atoms with Crippen LogP contribution in [0.15, 0.2) is 18.2 Å². The van der Waals surface area contributed by atoms with Crippen molar-refractivity contribution in [3.8, 4) is 0 Å². The van der Waals surface area contributed by atoms with Crippen LogP contribution in [0, 0.1) is 5.82 Å². The van der Waals surface area contributed by atoms with Gasteiger partial charge >= 0.3 is 5.97 Å². The fraction of sp³-hybridized carbons (Fsp3) is 0.333. The van der Waals surface area contributed by atoms with E-state index in [4.69, 9.17) is 16.7 Å². The van der Waals surface area contributed by atoms with Crippen molar-refractivity contribution >= 4 is 23.5 Å². The van der Waals surface area contributed by atoms with Gasteiger partial charge in [0, 0.05) is 7.05 Å². The van der Waals surface area contributed by atoms with Crippen LogP contribution in [-0.2, 0) is 4.79 Å². The highest BCUT2D eigenvalue weighted by Crippen LogP contribution is 2.23. The van der Waals surface area contributed by atoms with Gasteiger partial charge in [-0.2, -0.15) is 0 Å². The van der Waals surface area contributed by atoms with Gasteiger partial charge in [-0.25, -0.2) is 9.18 Å². The standard InChI is InChI=1S/C12H13ClFNO3/c1-12(2,11(17)18)15(3)10(16)9-7(13)5-4-6-8(9)14/h4-6H,1-3H3,(H,17,18). The van der Waals surface area contributed by atoms with Crippen molar-refractivity contribution < 1.29 is 19.1 Å². The molecule has 1 aromatic rings. The molecule has 1 rings (SSSR count). The molecule has 0 unspecified atom stereocenters. The zero-order chi connectivity index (χ0) is 14.1. The monoisotopic (exact) mass is 273 g/mol. The Labute approximate surface area is 109 Å². The quantitative estimate of drug-likeness (QED) is 0.920. The van der Waals surface area contributed by atoms with Gasteiger partial charge in [0.2, 0.25) is 0 Å². The highest BCUT2D eigenvalue weighted by atomic mass is 35.5. The van der Waals surface area contributed by atoms with Crippen LogP contribution < -0.4 is 0 Å². The van der Waals surface area contributed by atoms with Crippen LogP contribution in [0.5, 0.6) is 0 Å². The molecule has 0 fully saturated rings. The van der Waals surface area contributed by atoms with E-state index in [1.165, 1.54) is 33.0 Å². The third-order valence-corrected chi connectivity index (χ3v) is 3.16. The number of amides is 1. The van der Waals surface area contributed by atoms with Crippen LogP contribution in [0.25, 0.3) is 0 Å². The molecular formula is C12H13ClFNO3. The van der Waals surface area contributed by atoms with Gasteiger partial charge in [-0.1, -0.05) is 17.7 Å². The summed E-state index contributed by atoms with van der Waals surface area (Å²) in [5.74, 6) is -2.74. The minimum atomic E-state index is -1.46. The molecule has 0 aliphatic rings. The largest absolute Gasteiger partial charge is 0.480 e. The number of hydrogen-bond donors (Lipinski definition) is 1. The van der Waals surface area contributed by atoms with Crippen LogP contribution >= 0.6 is 11.6 Å². The fourth-order valence-electron chi connectivity index (χ4n) is 1.27. The van der Waals surface area contributed by atoms with E-state index >= 15 is 0 Å². The number of carboxylic acid groups (broad SMARTS) is 1. The number of carboxylic acids is 1. The Morgan fingerprint density at radius 1 is 1.39 bits per heavy atom. The molecule has 4 nitrogen and oxygen atoms in total. The van der Waals surface area contributed by atoms with E-state index < -0.39 is 23.2 Å². The number of carbonyl (C=O) groups is 2. The lowest BCUT2D eigenvalue weighted by Crippen LogP contribution is -2.51. The predicted molar refractivity (Wildman–Crippen MR) is 65.2 cm³/mol. The first-order valence-electron chi connectivity index (χ1n) is 5.15. The van der Waals surface area contributed by atoms with E-state index in [-0.39, 0.29) is 10.6 Å². The molecule has 0 spiro atoms. The first kappa shape index (κ1) is 14.4. The number of hydrogen-bond acceptors (Lipinski definition) is 2. The maximum Gasteiger partial charge on any atom is 0.329 e. The van der Waals surface area contributed by atoms with Crippen molar-refractivity contribution in [3.05, 3.63) is 34.6 Å². The number of aliphatic carboxylic acids is 1. The second kappa shape index (κ2) is 4.94. The van der Waals surface area contributed by atoms with Gasteiger partial charge in [0.15, 0.2) is 0 Å². The molecule has 0 aliphatic heterocycles. The second-order valence-corrected chi connectivity index (χ2v) is 4.73. The number of halogens is 2. The molecule has 0 aliphatic carbocycles. The van der Waals surface area contributed by atoms with E-state index in [0.717, 1.165) is 11.0 Å². The van der Waals surface area contributed by atoms with Crippen molar-refractivity contribution in [1.82, 2.24) is 4.90 Å². The summed E-state index contributed by atoms with van der Waals surface area (Å²) >= 11 is 5.76. The number of benzene rings is 1. The van der Waals surface area contributed by atoms with Crippen molar-refractivity contribution in [3.63, 3.8) is 0 Å². The summed E-state index contributed by atoms with van der Waals surface area (Å²) in [6.45, 7) is 2.70. The van der Waals surface area contributed by atoms with Gasteiger partial charge in [0.25, 0.3) is 5.91 Å². The number of likely N-dealkylation sites (N-methyl/N-ethyl adjacent to an activating group) is 1.